The summed E-state index contributed by atoms with van der Waals surface area (Å²) in [6.07, 6.45) is 1.77. The number of hydrogen-bond donors (Lipinski definition) is 2. The Kier molecular flexibility index (Phi) is 4.99. The van der Waals surface area contributed by atoms with Crippen molar-refractivity contribution in [2.75, 3.05) is 6.54 Å². The highest BCUT2D eigenvalue weighted by Gasteiger charge is 2.05. The van der Waals surface area contributed by atoms with Crippen LogP contribution in [0.4, 0.5) is 0 Å². The highest BCUT2D eigenvalue weighted by atomic mass is 16.1. The van der Waals surface area contributed by atoms with Gasteiger partial charge in [0.1, 0.15) is 0 Å². The zero-order valence-corrected chi connectivity index (χ0v) is 9.99. The second-order valence-electron chi connectivity index (χ2n) is 4.08. The van der Waals surface area contributed by atoms with Crippen molar-refractivity contribution in [3.05, 3.63) is 35.4 Å². The second kappa shape index (κ2) is 6.28. The normalized spacial score (nSPS) is 12.2. The number of nitrogens with two attached hydrogens (primary N) is 1. The number of nitrogens with one attached hydrogen (secondary N) is 1. The number of carbonyl (C=O) groups is 1. The summed E-state index contributed by atoms with van der Waals surface area (Å²) < 4.78 is 0. The fourth-order valence-corrected chi connectivity index (χ4v) is 1.38. The number of carbonyl (C=O) groups excluding carboxylic acids is 1. The maximum Gasteiger partial charge on any atom is 0.251 e. The first-order valence-electron chi connectivity index (χ1n) is 5.74. The Morgan fingerprint density at radius 2 is 2.00 bits per heavy atom. The van der Waals surface area contributed by atoms with Crippen molar-refractivity contribution < 1.29 is 4.79 Å². The van der Waals surface area contributed by atoms with Gasteiger partial charge in [-0.15, -0.1) is 0 Å². The molecule has 0 fully saturated rings. The van der Waals surface area contributed by atoms with Crippen LogP contribution in [0, 0.1) is 6.92 Å². The molecule has 0 aliphatic rings. The molecule has 1 unspecified atom stereocenters. The van der Waals surface area contributed by atoms with Gasteiger partial charge in [-0.3, -0.25) is 4.79 Å². The maximum atomic E-state index is 11.7. The predicted octanol–water partition coefficient (Wildman–Crippen LogP) is 1.85. The van der Waals surface area contributed by atoms with E-state index >= 15 is 0 Å². The topological polar surface area (TPSA) is 55.1 Å². The second-order valence-corrected chi connectivity index (χ2v) is 4.08. The molecule has 0 aromatic heterocycles. The summed E-state index contributed by atoms with van der Waals surface area (Å²) in [4.78, 5) is 11.7. The van der Waals surface area contributed by atoms with Crippen molar-refractivity contribution in [1.29, 1.82) is 0 Å². The summed E-state index contributed by atoms with van der Waals surface area (Å²) in [6, 6.07) is 7.73. The van der Waals surface area contributed by atoms with Gasteiger partial charge in [-0.05, 0) is 31.9 Å². The maximum absolute atomic E-state index is 11.7. The van der Waals surface area contributed by atoms with E-state index in [1.807, 2.05) is 38.1 Å². The van der Waals surface area contributed by atoms with Crippen LogP contribution in [0.5, 0.6) is 0 Å². The molecule has 88 valence electrons. The molecule has 1 aromatic carbocycles. The van der Waals surface area contributed by atoms with Gasteiger partial charge in [0.2, 0.25) is 0 Å². The molecule has 0 bridgehead atoms. The molecule has 0 aliphatic carbocycles. The predicted molar refractivity (Wildman–Crippen MR) is 66.4 cm³/mol. The number of rotatable bonds is 5. The van der Waals surface area contributed by atoms with Crippen LogP contribution < -0.4 is 11.1 Å². The molecular formula is C13H20N2O. The van der Waals surface area contributed by atoms with Crippen LogP contribution in [0.25, 0.3) is 0 Å². The van der Waals surface area contributed by atoms with E-state index in [1.165, 1.54) is 0 Å². The van der Waals surface area contributed by atoms with Gasteiger partial charge < -0.3 is 11.1 Å². The van der Waals surface area contributed by atoms with Crippen LogP contribution in [0.3, 0.4) is 0 Å². The molecule has 0 spiro atoms. The average Bonchev–Trinajstić information content (AvgIpc) is 2.29. The van der Waals surface area contributed by atoms with Crippen molar-refractivity contribution in [1.82, 2.24) is 5.32 Å². The first-order chi connectivity index (χ1) is 7.63. The summed E-state index contributed by atoms with van der Waals surface area (Å²) in [5.74, 6) is -0.0247. The zero-order valence-electron chi connectivity index (χ0n) is 9.99. The molecule has 1 atom stereocenters. The lowest BCUT2D eigenvalue weighted by atomic mass is 10.1. The van der Waals surface area contributed by atoms with Crippen molar-refractivity contribution in [2.24, 2.45) is 5.73 Å². The van der Waals surface area contributed by atoms with Gasteiger partial charge in [0.25, 0.3) is 5.91 Å². The third-order valence-electron chi connectivity index (χ3n) is 2.64. The quantitative estimate of drug-likeness (QED) is 0.795. The Hall–Kier alpha value is -1.35. The fraction of sp³-hybridized carbons (Fsp3) is 0.462. The standard InChI is InChI=1S/C13H20N2O/c1-3-12(14)8-9-15-13(16)11-6-4-10(2)5-7-11/h4-7,12H,3,8-9,14H2,1-2H3,(H,15,16). The lowest BCUT2D eigenvalue weighted by molar-refractivity contribution is 0.0952. The lowest BCUT2D eigenvalue weighted by Crippen LogP contribution is -2.30. The summed E-state index contributed by atoms with van der Waals surface area (Å²) in [5.41, 5.74) is 7.63. The molecule has 0 saturated carbocycles. The molecule has 3 nitrogen and oxygen atoms in total. The molecule has 1 amide bonds. The largest absolute Gasteiger partial charge is 0.352 e. The molecule has 1 aromatic rings. The third-order valence-corrected chi connectivity index (χ3v) is 2.64. The molecule has 0 saturated heterocycles. The molecule has 0 radical (unpaired) electrons. The van der Waals surface area contributed by atoms with Gasteiger partial charge in [0.15, 0.2) is 0 Å². The van der Waals surface area contributed by atoms with E-state index < -0.39 is 0 Å². The summed E-state index contributed by atoms with van der Waals surface area (Å²) >= 11 is 0. The first-order valence-corrected chi connectivity index (χ1v) is 5.74. The van der Waals surface area contributed by atoms with Crippen LogP contribution in [0.2, 0.25) is 0 Å². The molecular weight excluding hydrogens is 200 g/mol. The SMILES string of the molecule is CCC(N)CCNC(=O)c1ccc(C)cc1. The van der Waals surface area contributed by atoms with E-state index in [2.05, 4.69) is 5.32 Å². The van der Waals surface area contributed by atoms with Gasteiger partial charge in [-0.2, -0.15) is 0 Å². The van der Waals surface area contributed by atoms with Crippen LogP contribution in [0.1, 0.15) is 35.7 Å². The number of aryl methyl sites for hydroxylation is 1. The highest BCUT2D eigenvalue weighted by Crippen LogP contribution is 2.02. The number of benzene rings is 1. The Balaban J connectivity index is 2.38. The number of amides is 1. The van der Waals surface area contributed by atoms with E-state index in [0.29, 0.717) is 12.1 Å². The van der Waals surface area contributed by atoms with Crippen LogP contribution >= 0.6 is 0 Å². The minimum absolute atomic E-state index is 0.0247. The van der Waals surface area contributed by atoms with Crippen molar-refractivity contribution in [3.63, 3.8) is 0 Å². The van der Waals surface area contributed by atoms with Gasteiger partial charge in [0, 0.05) is 18.2 Å². The Morgan fingerprint density at radius 1 is 1.38 bits per heavy atom. The minimum atomic E-state index is -0.0247. The van der Waals surface area contributed by atoms with Crippen LogP contribution in [0.15, 0.2) is 24.3 Å². The van der Waals surface area contributed by atoms with Crippen molar-refractivity contribution in [3.8, 4) is 0 Å². The van der Waals surface area contributed by atoms with Crippen molar-refractivity contribution >= 4 is 5.91 Å². The smallest absolute Gasteiger partial charge is 0.251 e. The van der Waals surface area contributed by atoms with Crippen LogP contribution in [-0.4, -0.2) is 18.5 Å². The highest BCUT2D eigenvalue weighted by molar-refractivity contribution is 5.94. The molecule has 1 rings (SSSR count). The van der Waals surface area contributed by atoms with Crippen molar-refractivity contribution in [2.45, 2.75) is 32.7 Å². The molecule has 0 heterocycles. The van der Waals surface area contributed by atoms with E-state index in [1.54, 1.807) is 0 Å². The van der Waals surface area contributed by atoms with E-state index in [9.17, 15) is 4.79 Å². The number of hydrogen-bond acceptors (Lipinski definition) is 2. The van der Waals surface area contributed by atoms with Gasteiger partial charge in [-0.1, -0.05) is 24.6 Å². The van der Waals surface area contributed by atoms with Gasteiger partial charge >= 0.3 is 0 Å². The minimum Gasteiger partial charge on any atom is -0.352 e. The monoisotopic (exact) mass is 220 g/mol. The lowest BCUT2D eigenvalue weighted by Gasteiger charge is -2.09. The summed E-state index contributed by atoms with van der Waals surface area (Å²) in [5, 5.41) is 2.86. The van der Waals surface area contributed by atoms with E-state index in [4.69, 9.17) is 5.73 Å². The molecule has 3 N–H and O–H groups in total. The first kappa shape index (κ1) is 12.7. The van der Waals surface area contributed by atoms with Gasteiger partial charge in [-0.25, -0.2) is 0 Å². The fourth-order valence-electron chi connectivity index (χ4n) is 1.38. The van der Waals surface area contributed by atoms with Gasteiger partial charge in [0.05, 0.1) is 0 Å². The molecule has 16 heavy (non-hydrogen) atoms. The van der Waals surface area contributed by atoms with Crippen LogP contribution in [-0.2, 0) is 0 Å². The zero-order chi connectivity index (χ0) is 12.0. The Labute approximate surface area is 97.0 Å². The summed E-state index contributed by atoms with van der Waals surface area (Å²) in [7, 11) is 0. The van der Waals surface area contributed by atoms with E-state index in [0.717, 1.165) is 18.4 Å². The Morgan fingerprint density at radius 3 is 2.56 bits per heavy atom. The molecule has 0 aliphatic heterocycles. The molecule has 3 heteroatoms. The average molecular weight is 220 g/mol. The summed E-state index contributed by atoms with van der Waals surface area (Å²) in [6.45, 7) is 4.69. The Bertz CT molecular complexity index is 332. The van der Waals surface area contributed by atoms with E-state index in [-0.39, 0.29) is 11.9 Å². The third kappa shape index (κ3) is 4.03.